The lowest BCUT2D eigenvalue weighted by molar-refractivity contribution is -0.143. The zero-order chi connectivity index (χ0) is 21.8. The third kappa shape index (κ3) is 3.20. The molecule has 1 aromatic heterocycles. The summed E-state index contributed by atoms with van der Waals surface area (Å²) < 4.78 is 2.15. The van der Waals surface area contributed by atoms with Crippen LogP contribution in [0.4, 0.5) is 4.79 Å². The first-order valence-corrected chi connectivity index (χ1v) is 10.7. The van der Waals surface area contributed by atoms with Gasteiger partial charge in [-0.25, -0.2) is 9.69 Å². The molecule has 9 heteroatoms. The lowest BCUT2D eigenvalue weighted by Crippen LogP contribution is -2.52. The molecule has 2 atom stereocenters. The van der Waals surface area contributed by atoms with E-state index in [-0.39, 0.29) is 17.4 Å². The summed E-state index contributed by atoms with van der Waals surface area (Å²) >= 11 is 0. The Balaban J connectivity index is 1.57. The average Bonchev–Trinajstić information content (AvgIpc) is 3.23. The summed E-state index contributed by atoms with van der Waals surface area (Å²) in [6.45, 7) is 8.57. The first-order valence-electron chi connectivity index (χ1n) is 10.7. The number of hydrogen-bond donors (Lipinski definition) is 1. The minimum Gasteiger partial charge on any atom is -0.340 e. The molecule has 4 rings (SSSR count). The van der Waals surface area contributed by atoms with Crippen LogP contribution in [-0.2, 0) is 22.6 Å². The summed E-state index contributed by atoms with van der Waals surface area (Å²) in [6, 6.07) is -1.40. The van der Waals surface area contributed by atoms with E-state index in [0.717, 1.165) is 48.6 Å². The predicted molar refractivity (Wildman–Crippen MR) is 109 cm³/mol. The summed E-state index contributed by atoms with van der Waals surface area (Å²) in [5.41, 5.74) is 0.454. The molecule has 0 aromatic carbocycles. The van der Waals surface area contributed by atoms with Gasteiger partial charge in [0.2, 0.25) is 5.91 Å². The van der Waals surface area contributed by atoms with E-state index in [9.17, 15) is 19.2 Å². The second-order valence-electron chi connectivity index (χ2n) is 9.13. The van der Waals surface area contributed by atoms with Crippen LogP contribution < -0.4 is 10.9 Å². The molecular weight excluding hydrogens is 386 g/mol. The van der Waals surface area contributed by atoms with E-state index in [2.05, 4.69) is 14.9 Å². The minimum absolute atomic E-state index is 0.0435. The van der Waals surface area contributed by atoms with Crippen LogP contribution in [0.15, 0.2) is 4.79 Å². The molecule has 0 unspecified atom stereocenters. The summed E-state index contributed by atoms with van der Waals surface area (Å²) in [6.07, 6.45) is 3.46. The Hall–Kier alpha value is -2.71. The first kappa shape index (κ1) is 20.6. The van der Waals surface area contributed by atoms with Gasteiger partial charge in [0.05, 0.1) is 0 Å². The number of fused-ring (bicyclic) bond motifs is 1. The van der Waals surface area contributed by atoms with Crippen LogP contribution in [-0.4, -0.2) is 61.9 Å². The summed E-state index contributed by atoms with van der Waals surface area (Å²) in [7, 11) is 0. The van der Waals surface area contributed by atoms with E-state index >= 15 is 0 Å². The summed E-state index contributed by atoms with van der Waals surface area (Å²) in [4.78, 5) is 57.5. The molecular formula is C21H29N5O4. The van der Waals surface area contributed by atoms with Gasteiger partial charge in [-0.15, -0.1) is 0 Å². The second kappa shape index (κ2) is 7.21. The Morgan fingerprint density at radius 3 is 2.60 bits per heavy atom. The number of aromatic nitrogens is 2. The van der Waals surface area contributed by atoms with E-state index in [1.807, 2.05) is 6.92 Å². The van der Waals surface area contributed by atoms with Gasteiger partial charge < -0.3 is 14.8 Å². The first-order chi connectivity index (χ1) is 14.1. The lowest BCUT2D eigenvalue weighted by Gasteiger charge is -2.37. The van der Waals surface area contributed by atoms with Crippen molar-refractivity contribution in [1.82, 2.24) is 24.7 Å². The molecule has 3 aliphatic rings. The molecule has 30 heavy (non-hydrogen) atoms. The number of nitrogens with zero attached hydrogens (tertiary/aromatic N) is 4. The monoisotopic (exact) mass is 415 g/mol. The predicted octanol–water partition coefficient (Wildman–Crippen LogP) is 0.923. The van der Waals surface area contributed by atoms with Crippen LogP contribution in [0.2, 0.25) is 0 Å². The lowest BCUT2D eigenvalue weighted by atomic mass is 9.91. The number of likely N-dealkylation sites (tertiary alicyclic amines) is 1. The van der Waals surface area contributed by atoms with Gasteiger partial charge in [-0.05, 0) is 47.0 Å². The van der Waals surface area contributed by atoms with Crippen molar-refractivity contribution in [3.05, 3.63) is 27.4 Å². The van der Waals surface area contributed by atoms with Gasteiger partial charge in [0.1, 0.15) is 17.4 Å². The van der Waals surface area contributed by atoms with Crippen LogP contribution in [0.3, 0.4) is 0 Å². The van der Waals surface area contributed by atoms with Crippen LogP contribution >= 0.6 is 0 Å². The highest BCUT2D eigenvalue weighted by atomic mass is 16.2. The van der Waals surface area contributed by atoms with Crippen molar-refractivity contribution >= 4 is 17.8 Å². The maximum Gasteiger partial charge on any atom is 0.325 e. The number of imide groups is 1. The second-order valence-corrected chi connectivity index (χ2v) is 9.13. The summed E-state index contributed by atoms with van der Waals surface area (Å²) in [5.74, 6) is 0.244. The Kier molecular flexibility index (Phi) is 4.94. The molecule has 0 bridgehead atoms. The van der Waals surface area contributed by atoms with Gasteiger partial charge in [-0.1, -0.05) is 0 Å². The standard InChI is InChI=1S/C21H29N5O4/c1-12-16(25-10-6-8-15(25)22-17(12)27)14-7-5-9-24(11-14)18(28)13(2)26-19(29)21(3,4)23-20(26)30/h13-14H,5-11H2,1-4H3,(H,23,30)/t13-,14+/m1/s1. The Morgan fingerprint density at radius 2 is 1.93 bits per heavy atom. The Labute approximate surface area is 175 Å². The molecule has 4 amide bonds. The highest BCUT2D eigenvalue weighted by Gasteiger charge is 2.48. The SMILES string of the molecule is Cc1c([C@H]2CCCN(C(=O)[C@@H](C)N3C(=O)NC(C)(C)C3=O)C2)n2c(nc1=O)CCC2. The van der Waals surface area contributed by atoms with Crippen molar-refractivity contribution in [1.29, 1.82) is 0 Å². The molecule has 0 aliphatic carbocycles. The normalized spacial score (nSPS) is 24.1. The fourth-order valence-electron chi connectivity index (χ4n) is 4.98. The fraction of sp³-hybridized carbons (Fsp3) is 0.667. The zero-order valence-corrected chi connectivity index (χ0v) is 18.0. The molecule has 0 spiro atoms. The number of aryl methyl sites for hydroxylation is 1. The molecule has 1 N–H and O–H groups in total. The Bertz CT molecular complexity index is 982. The molecule has 2 saturated heterocycles. The average molecular weight is 415 g/mol. The highest BCUT2D eigenvalue weighted by molar-refractivity contribution is 6.09. The molecule has 2 fully saturated rings. The molecule has 9 nitrogen and oxygen atoms in total. The van der Waals surface area contributed by atoms with Crippen molar-refractivity contribution in [3.63, 3.8) is 0 Å². The third-order valence-electron chi connectivity index (χ3n) is 6.58. The molecule has 0 saturated carbocycles. The molecule has 4 heterocycles. The van der Waals surface area contributed by atoms with E-state index in [1.54, 1.807) is 25.7 Å². The maximum absolute atomic E-state index is 13.2. The van der Waals surface area contributed by atoms with Gasteiger partial charge in [0.25, 0.3) is 11.5 Å². The van der Waals surface area contributed by atoms with Crippen molar-refractivity contribution < 1.29 is 14.4 Å². The number of carbonyl (C=O) groups is 3. The van der Waals surface area contributed by atoms with Gasteiger partial charge in [0, 0.05) is 43.2 Å². The topological polar surface area (TPSA) is 105 Å². The molecule has 3 aliphatic heterocycles. The number of piperidine rings is 1. The maximum atomic E-state index is 13.2. The zero-order valence-electron chi connectivity index (χ0n) is 18.0. The molecule has 0 radical (unpaired) electrons. The number of rotatable bonds is 3. The number of urea groups is 1. The van der Waals surface area contributed by atoms with E-state index < -0.39 is 23.5 Å². The largest absolute Gasteiger partial charge is 0.340 e. The number of carbonyl (C=O) groups excluding carboxylic acids is 3. The van der Waals surface area contributed by atoms with Gasteiger partial charge in [-0.2, -0.15) is 4.98 Å². The Morgan fingerprint density at radius 1 is 1.20 bits per heavy atom. The van der Waals surface area contributed by atoms with Crippen LogP contribution in [0.1, 0.15) is 63.0 Å². The number of hydrogen-bond acceptors (Lipinski definition) is 5. The van der Waals surface area contributed by atoms with Crippen molar-refractivity contribution in [2.24, 2.45) is 0 Å². The van der Waals surface area contributed by atoms with Crippen molar-refractivity contribution in [2.75, 3.05) is 13.1 Å². The van der Waals surface area contributed by atoms with Crippen LogP contribution in [0.25, 0.3) is 0 Å². The molecule has 162 valence electrons. The molecule has 1 aromatic rings. The van der Waals surface area contributed by atoms with Crippen LogP contribution in [0, 0.1) is 6.92 Å². The number of amides is 4. The van der Waals surface area contributed by atoms with E-state index in [0.29, 0.717) is 18.7 Å². The van der Waals surface area contributed by atoms with Gasteiger partial charge in [0.15, 0.2) is 0 Å². The van der Waals surface area contributed by atoms with Gasteiger partial charge >= 0.3 is 6.03 Å². The highest BCUT2D eigenvalue weighted by Crippen LogP contribution is 2.31. The van der Waals surface area contributed by atoms with E-state index in [4.69, 9.17) is 0 Å². The van der Waals surface area contributed by atoms with E-state index in [1.165, 1.54) is 0 Å². The van der Waals surface area contributed by atoms with Gasteiger partial charge in [-0.3, -0.25) is 14.4 Å². The van der Waals surface area contributed by atoms with Crippen molar-refractivity contribution in [2.45, 2.75) is 77.4 Å². The van der Waals surface area contributed by atoms with Crippen LogP contribution in [0.5, 0.6) is 0 Å². The third-order valence-corrected chi connectivity index (χ3v) is 6.58. The number of nitrogens with one attached hydrogen (secondary N) is 1. The van der Waals surface area contributed by atoms with Crippen molar-refractivity contribution in [3.8, 4) is 0 Å². The minimum atomic E-state index is -1.01. The summed E-state index contributed by atoms with van der Waals surface area (Å²) in [5, 5.41) is 2.63. The quantitative estimate of drug-likeness (QED) is 0.740. The fourth-order valence-corrected chi connectivity index (χ4v) is 4.98. The smallest absolute Gasteiger partial charge is 0.325 e.